The van der Waals surface area contributed by atoms with Gasteiger partial charge in [-0.25, -0.2) is 9.78 Å². The molecule has 6 heteroatoms. The molecule has 2 heterocycles. The number of rotatable bonds is 2. The molecule has 4 rings (SSSR count). The van der Waals surface area contributed by atoms with Crippen LogP contribution in [0.5, 0.6) is 0 Å². The lowest BCUT2D eigenvalue weighted by Crippen LogP contribution is -2.02. The van der Waals surface area contributed by atoms with Gasteiger partial charge in [0.2, 0.25) is 0 Å². The van der Waals surface area contributed by atoms with Crippen molar-refractivity contribution in [2.75, 3.05) is 0 Å². The Hall–Kier alpha value is -1.36. The lowest BCUT2D eigenvalue weighted by atomic mass is 10.2. The minimum Gasteiger partial charge on any atom is -0.421 e. The molecule has 0 unspecified atom stereocenters. The third kappa shape index (κ3) is 2.37. The molecule has 1 aliphatic rings. The molecular weight excluding hydrogens is 329 g/mol. The van der Waals surface area contributed by atoms with Gasteiger partial charge < -0.3 is 4.42 Å². The summed E-state index contributed by atoms with van der Waals surface area (Å²) in [6.45, 7) is 0. The van der Waals surface area contributed by atoms with Crippen molar-refractivity contribution in [1.82, 2.24) is 4.98 Å². The Morgan fingerprint density at radius 2 is 2.05 bits per heavy atom. The number of hydrogen-bond donors (Lipinski definition) is 0. The topological polar surface area (TPSA) is 43.1 Å². The van der Waals surface area contributed by atoms with Gasteiger partial charge in [-0.1, -0.05) is 23.2 Å². The third-order valence-electron chi connectivity index (χ3n) is 3.50. The summed E-state index contributed by atoms with van der Waals surface area (Å²) in [5, 5.41) is 4.24. The van der Waals surface area contributed by atoms with Crippen molar-refractivity contribution >= 4 is 45.5 Å². The molecule has 0 spiro atoms. The van der Waals surface area contributed by atoms with Crippen LogP contribution < -0.4 is 5.63 Å². The summed E-state index contributed by atoms with van der Waals surface area (Å²) in [5.41, 5.74) is 1.45. The molecule has 106 valence electrons. The van der Waals surface area contributed by atoms with Crippen LogP contribution in [0.1, 0.15) is 24.5 Å². The van der Waals surface area contributed by atoms with Gasteiger partial charge in [-0.15, -0.1) is 11.3 Å². The van der Waals surface area contributed by atoms with Gasteiger partial charge in [0.25, 0.3) is 0 Å². The van der Waals surface area contributed by atoms with Crippen LogP contribution in [-0.4, -0.2) is 4.98 Å². The molecule has 1 aliphatic carbocycles. The van der Waals surface area contributed by atoms with E-state index in [1.54, 1.807) is 18.2 Å². The van der Waals surface area contributed by atoms with Gasteiger partial charge >= 0.3 is 5.63 Å². The molecule has 1 fully saturated rings. The molecule has 21 heavy (non-hydrogen) atoms. The molecule has 0 atom stereocenters. The molecule has 3 nitrogen and oxygen atoms in total. The minimum atomic E-state index is -0.427. The number of hydrogen-bond acceptors (Lipinski definition) is 4. The Labute approximate surface area is 134 Å². The molecule has 3 aromatic rings. The second kappa shape index (κ2) is 4.83. The fraction of sp³-hybridized carbons (Fsp3) is 0.200. The zero-order valence-electron chi connectivity index (χ0n) is 10.7. The van der Waals surface area contributed by atoms with Crippen molar-refractivity contribution in [3.8, 4) is 10.6 Å². The highest BCUT2D eigenvalue weighted by molar-refractivity contribution is 7.13. The first kappa shape index (κ1) is 13.3. The number of thiazole rings is 1. The minimum absolute atomic E-state index is 0.332. The molecule has 0 radical (unpaired) electrons. The second-order valence-corrected chi connectivity index (χ2v) is 6.81. The summed E-state index contributed by atoms with van der Waals surface area (Å²) in [4.78, 5) is 16.7. The Morgan fingerprint density at radius 3 is 2.81 bits per heavy atom. The Kier molecular flexibility index (Phi) is 3.06. The predicted octanol–water partition coefficient (Wildman–Crippen LogP) is 5.10. The maximum atomic E-state index is 12.2. The van der Waals surface area contributed by atoms with Crippen molar-refractivity contribution in [3.63, 3.8) is 0 Å². The van der Waals surface area contributed by atoms with E-state index in [4.69, 9.17) is 27.6 Å². The number of halogens is 2. The van der Waals surface area contributed by atoms with Crippen molar-refractivity contribution in [3.05, 3.63) is 49.7 Å². The molecule has 0 aliphatic heterocycles. The van der Waals surface area contributed by atoms with E-state index < -0.39 is 5.63 Å². The second-order valence-electron chi connectivity index (χ2n) is 5.11. The molecule has 2 aromatic heterocycles. The molecule has 0 saturated heterocycles. The van der Waals surface area contributed by atoms with Gasteiger partial charge in [0, 0.05) is 21.7 Å². The number of nitrogens with zero attached hydrogens (tertiary/aromatic N) is 1. The monoisotopic (exact) mass is 337 g/mol. The average molecular weight is 338 g/mol. The summed E-state index contributed by atoms with van der Waals surface area (Å²) >= 11 is 13.5. The SMILES string of the molecule is O=c1oc2c(Cl)cc(Cl)cc2cc1-c1nc(C2CC2)cs1. The average Bonchev–Trinajstić information content (AvgIpc) is 3.17. The Balaban J connectivity index is 1.91. The largest absolute Gasteiger partial charge is 0.421 e. The molecule has 1 saturated carbocycles. The van der Waals surface area contributed by atoms with Gasteiger partial charge in [0.15, 0.2) is 5.58 Å². The lowest BCUT2D eigenvalue weighted by Gasteiger charge is -2.02. The normalized spacial score (nSPS) is 14.8. The van der Waals surface area contributed by atoms with Crippen molar-refractivity contribution < 1.29 is 4.42 Å². The first-order chi connectivity index (χ1) is 10.1. The van der Waals surface area contributed by atoms with Crippen LogP contribution in [-0.2, 0) is 0 Å². The molecule has 0 N–H and O–H groups in total. The zero-order chi connectivity index (χ0) is 14.6. The highest BCUT2D eigenvalue weighted by atomic mass is 35.5. The smallest absolute Gasteiger partial charge is 0.346 e. The first-order valence-corrected chi connectivity index (χ1v) is 8.14. The maximum Gasteiger partial charge on any atom is 0.346 e. The summed E-state index contributed by atoms with van der Waals surface area (Å²) in [6, 6.07) is 5.03. The van der Waals surface area contributed by atoms with E-state index in [0.717, 1.165) is 5.69 Å². The Morgan fingerprint density at radius 1 is 1.24 bits per heavy atom. The van der Waals surface area contributed by atoms with Crippen molar-refractivity contribution in [1.29, 1.82) is 0 Å². The zero-order valence-corrected chi connectivity index (χ0v) is 13.1. The van der Waals surface area contributed by atoms with Crippen LogP contribution in [0, 0.1) is 0 Å². The lowest BCUT2D eigenvalue weighted by molar-refractivity contribution is 0.563. The Bertz CT molecular complexity index is 912. The third-order valence-corrected chi connectivity index (χ3v) is 4.89. The van der Waals surface area contributed by atoms with Gasteiger partial charge in [0.1, 0.15) is 5.01 Å². The van der Waals surface area contributed by atoms with Crippen LogP contribution in [0.3, 0.4) is 0 Å². The van der Waals surface area contributed by atoms with E-state index in [1.165, 1.54) is 24.2 Å². The van der Waals surface area contributed by atoms with Crippen LogP contribution >= 0.6 is 34.5 Å². The maximum absolute atomic E-state index is 12.2. The molecular formula is C15H9Cl2NO2S. The summed E-state index contributed by atoms with van der Waals surface area (Å²) in [7, 11) is 0. The highest BCUT2D eigenvalue weighted by Crippen LogP contribution is 2.41. The fourth-order valence-corrected chi connectivity index (χ4v) is 3.74. The van der Waals surface area contributed by atoms with Crippen LogP contribution in [0.25, 0.3) is 21.5 Å². The standard InChI is InChI=1S/C15H9Cl2NO2S/c16-9-3-8-4-10(15(19)20-13(8)11(17)5-9)14-18-12(6-21-14)7-1-2-7/h3-7H,1-2H2. The van der Waals surface area contributed by atoms with Crippen molar-refractivity contribution in [2.45, 2.75) is 18.8 Å². The van der Waals surface area contributed by atoms with Crippen LogP contribution in [0.2, 0.25) is 10.0 Å². The summed E-state index contributed by atoms with van der Waals surface area (Å²) in [5.74, 6) is 0.561. The van der Waals surface area contributed by atoms with E-state index in [1.807, 2.05) is 5.38 Å². The molecule has 0 bridgehead atoms. The van der Waals surface area contributed by atoms with E-state index in [9.17, 15) is 4.79 Å². The number of benzene rings is 1. The van der Waals surface area contributed by atoms with Crippen LogP contribution in [0.4, 0.5) is 0 Å². The quantitative estimate of drug-likeness (QED) is 0.611. The molecule has 1 aromatic carbocycles. The van der Waals surface area contributed by atoms with E-state index in [0.29, 0.717) is 37.5 Å². The summed E-state index contributed by atoms with van der Waals surface area (Å²) in [6.07, 6.45) is 2.36. The van der Waals surface area contributed by atoms with Crippen molar-refractivity contribution in [2.24, 2.45) is 0 Å². The molecule has 0 amide bonds. The van der Waals surface area contributed by atoms with E-state index in [2.05, 4.69) is 4.98 Å². The first-order valence-electron chi connectivity index (χ1n) is 6.50. The van der Waals surface area contributed by atoms with Gasteiger partial charge in [-0.05, 0) is 31.0 Å². The van der Waals surface area contributed by atoms with Gasteiger partial charge in [-0.3, -0.25) is 0 Å². The number of aromatic nitrogens is 1. The van der Waals surface area contributed by atoms with Gasteiger partial charge in [0.05, 0.1) is 16.3 Å². The van der Waals surface area contributed by atoms with Crippen LogP contribution in [0.15, 0.2) is 32.8 Å². The highest BCUT2D eigenvalue weighted by Gasteiger charge is 2.26. The fourth-order valence-electron chi connectivity index (χ4n) is 2.28. The van der Waals surface area contributed by atoms with E-state index in [-0.39, 0.29) is 0 Å². The number of fused-ring (bicyclic) bond motifs is 1. The van der Waals surface area contributed by atoms with Gasteiger partial charge in [-0.2, -0.15) is 0 Å². The summed E-state index contributed by atoms with van der Waals surface area (Å²) < 4.78 is 5.34. The van der Waals surface area contributed by atoms with E-state index >= 15 is 0 Å². The predicted molar refractivity (Wildman–Crippen MR) is 85.6 cm³/mol.